The first-order valence-electron chi connectivity index (χ1n) is 3.11. The maximum atomic E-state index is 8.57. The second-order valence-corrected chi connectivity index (χ2v) is 2.99. The Morgan fingerprint density at radius 2 is 2.18 bits per heavy atom. The van der Waals surface area contributed by atoms with Crippen molar-refractivity contribution in [3.8, 4) is 6.07 Å². The molecule has 0 saturated heterocycles. The van der Waals surface area contributed by atoms with Crippen molar-refractivity contribution in [3.63, 3.8) is 0 Å². The first kappa shape index (κ1) is 7.96. The van der Waals surface area contributed by atoms with Crippen molar-refractivity contribution in [2.75, 3.05) is 12.0 Å². The summed E-state index contributed by atoms with van der Waals surface area (Å²) in [7, 11) is 0. The molecule has 1 aromatic rings. The van der Waals surface area contributed by atoms with Crippen LogP contribution in [0.2, 0.25) is 0 Å². The van der Waals surface area contributed by atoms with Gasteiger partial charge in [-0.05, 0) is 24.5 Å². The Hall–Kier alpha value is -1.14. The van der Waals surface area contributed by atoms with Crippen LogP contribution >= 0.6 is 11.8 Å². The number of benzene rings is 1. The summed E-state index contributed by atoms with van der Waals surface area (Å²) in [6.45, 7) is 0. The van der Waals surface area contributed by atoms with Crippen LogP contribution in [-0.2, 0) is 0 Å². The molecule has 0 aliphatic rings. The fourth-order valence-corrected chi connectivity index (χ4v) is 1.30. The molecule has 0 spiro atoms. The average molecular weight is 164 g/mol. The number of rotatable bonds is 1. The number of nitrogens with zero attached hydrogens (tertiary/aromatic N) is 1. The Balaban J connectivity index is 3.15. The molecule has 2 nitrogen and oxygen atoms in total. The van der Waals surface area contributed by atoms with Crippen molar-refractivity contribution < 1.29 is 0 Å². The van der Waals surface area contributed by atoms with Crippen LogP contribution in [0.25, 0.3) is 0 Å². The Kier molecular flexibility index (Phi) is 2.40. The van der Waals surface area contributed by atoms with E-state index in [-0.39, 0.29) is 0 Å². The van der Waals surface area contributed by atoms with Gasteiger partial charge in [-0.3, -0.25) is 0 Å². The van der Waals surface area contributed by atoms with Crippen LogP contribution in [0.15, 0.2) is 23.1 Å². The van der Waals surface area contributed by atoms with Crippen LogP contribution in [0.1, 0.15) is 5.56 Å². The molecule has 0 unspecified atom stereocenters. The minimum atomic E-state index is 0.620. The molecule has 1 rings (SSSR count). The fourth-order valence-electron chi connectivity index (χ4n) is 0.804. The highest BCUT2D eigenvalue weighted by atomic mass is 32.2. The van der Waals surface area contributed by atoms with Gasteiger partial charge >= 0.3 is 0 Å². The molecule has 11 heavy (non-hydrogen) atoms. The van der Waals surface area contributed by atoms with Crippen molar-refractivity contribution in [2.24, 2.45) is 0 Å². The molecular weight excluding hydrogens is 156 g/mol. The molecule has 0 bridgehead atoms. The summed E-state index contributed by atoms with van der Waals surface area (Å²) in [5.74, 6) is 0. The highest BCUT2D eigenvalue weighted by molar-refractivity contribution is 7.98. The van der Waals surface area contributed by atoms with Gasteiger partial charge in [-0.1, -0.05) is 0 Å². The maximum Gasteiger partial charge on any atom is 0.0992 e. The Morgan fingerprint density at radius 1 is 1.45 bits per heavy atom. The third-order valence-electron chi connectivity index (χ3n) is 1.29. The molecule has 3 heteroatoms. The third kappa shape index (κ3) is 1.89. The molecule has 0 saturated carbocycles. The van der Waals surface area contributed by atoms with Gasteiger partial charge in [0, 0.05) is 10.6 Å². The number of nitriles is 1. The van der Waals surface area contributed by atoms with Gasteiger partial charge in [0.05, 0.1) is 11.6 Å². The van der Waals surface area contributed by atoms with E-state index in [9.17, 15) is 0 Å². The van der Waals surface area contributed by atoms with E-state index in [4.69, 9.17) is 11.0 Å². The van der Waals surface area contributed by atoms with E-state index in [2.05, 4.69) is 0 Å². The predicted octanol–water partition coefficient (Wildman–Crippen LogP) is 1.86. The summed E-state index contributed by atoms with van der Waals surface area (Å²) < 4.78 is 0. The van der Waals surface area contributed by atoms with Crippen molar-refractivity contribution in [3.05, 3.63) is 23.8 Å². The smallest absolute Gasteiger partial charge is 0.0992 e. The molecule has 2 N–H and O–H groups in total. The lowest BCUT2D eigenvalue weighted by atomic mass is 10.2. The predicted molar refractivity (Wildman–Crippen MR) is 47.4 cm³/mol. The SMILES string of the molecule is CSc1cc(N)cc(C#N)c1. The standard InChI is InChI=1S/C8H8N2S/c1-11-8-3-6(5-9)2-7(10)4-8/h2-4H,10H2,1H3. The molecule has 56 valence electrons. The van der Waals surface area contributed by atoms with Crippen molar-refractivity contribution in [1.29, 1.82) is 5.26 Å². The zero-order valence-electron chi connectivity index (χ0n) is 6.16. The van der Waals surface area contributed by atoms with Crippen molar-refractivity contribution >= 4 is 17.4 Å². The topological polar surface area (TPSA) is 49.8 Å². The first-order chi connectivity index (χ1) is 5.26. The van der Waals surface area contributed by atoms with Crippen LogP contribution in [0.4, 0.5) is 5.69 Å². The second-order valence-electron chi connectivity index (χ2n) is 2.11. The molecule has 0 heterocycles. The lowest BCUT2D eigenvalue weighted by Crippen LogP contribution is -1.86. The molecule has 0 aliphatic heterocycles. The molecule has 0 aromatic heterocycles. The largest absolute Gasteiger partial charge is 0.399 e. The van der Waals surface area contributed by atoms with E-state index in [1.54, 1.807) is 17.8 Å². The van der Waals surface area contributed by atoms with Gasteiger partial charge in [-0.15, -0.1) is 11.8 Å². The normalized spacial score (nSPS) is 9.09. The third-order valence-corrected chi connectivity index (χ3v) is 2.00. The van der Waals surface area contributed by atoms with E-state index in [0.717, 1.165) is 4.90 Å². The summed E-state index contributed by atoms with van der Waals surface area (Å²) >= 11 is 1.58. The quantitative estimate of drug-likeness (QED) is 0.509. The summed E-state index contributed by atoms with van der Waals surface area (Å²) in [5, 5.41) is 8.57. The van der Waals surface area contributed by atoms with Crippen molar-refractivity contribution in [1.82, 2.24) is 0 Å². The monoisotopic (exact) mass is 164 g/mol. The zero-order valence-corrected chi connectivity index (χ0v) is 6.98. The minimum absolute atomic E-state index is 0.620. The summed E-state index contributed by atoms with van der Waals surface area (Å²) in [4.78, 5) is 1.03. The number of nitrogen functional groups attached to an aromatic ring is 1. The fraction of sp³-hybridized carbons (Fsp3) is 0.125. The second kappa shape index (κ2) is 3.31. The van der Waals surface area contributed by atoms with Gasteiger partial charge in [-0.25, -0.2) is 0 Å². The van der Waals surface area contributed by atoms with Crippen LogP contribution in [0.3, 0.4) is 0 Å². The Morgan fingerprint density at radius 3 is 2.73 bits per heavy atom. The van der Waals surface area contributed by atoms with Gasteiger partial charge in [-0.2, -0.15) is 5.26 Å². The van der Waals surface area contributed by atoms with Crippen molar-refractivity contribution in [2.45, 2.75) is 4.90 Å². The van der Waals surface area contributed by atoms with Crippen LogP contribution in [-0.4, -0.2) is 6.26 Å². The number of thioether (sulfide) groups is 1. The average Bonchev–Trinajstić information content (AvgIpc) is 2.03. The lowest BCUT2D eigenvalue weighted by molar-refractivity contribution is 1.41. The van der Waals surface area contributed by atoms with Crippen LogP contribution in [0.5, 0.6) is 0 Å². The maximum absolute atomic E-state index is 8.57. The van der Waals surface area contributed by atoms with Crippen LogP contribution in [0, 0.1) is 11.3 Å². The van der Waals surface area contributed by atoms with E-state index in [1.807, 2.05) is 24.5 Å². The number of anilines is 1. The van der Waals surface area contributed by atoms with Gasteiger partial charge < -0.3 is 5.73 Å². The molecule has 1 aromatic carbocycles. The van der Waals surface area contributed by atoms with Crippen LogP contribution < -0.4 is 5.73 Å². The molecular formula is C8H8N2S. The van der Waals surface area contributed by atoms with Gasteiger partial charge in [0.2, 0.25) is 0 Å². The van der Waals surface area contributed by atoms with E-state index < -0.39 is 0 Å². The summed E-state index contributed by atoms with van der Waals surface area (Å²) in [5.41, 5.74) is 6.81. The molecule has 0 aliphatic carbocycles. The lowest BCUT2D eigenvalue weighted by Gasteiger charge is -1.98. The summed E-state index contributed by atoms with van der Waals surface area (Å²) in [6.07, 6.45) is 1.95. The number of hydrogen-bond donors (Lipinski definition) is 1. The first-order valence-corrected chi connectivity index (χ1v) is 4.33. The molecule has 0 atom stereocenters. The van der Waals surface area contributed by atoms with E-state index >= 15 is 0 Å². The Bertz CT molecular complexity index is 301. The molecule has 0 amide bonds. The molecule has 0 fully saturated rings. The van der Waals surface area contributed by atoms with Gasteiger partial charge in [0.25, 0.3) is 0 Å². The van der Waals surface area contributed by atoms with E-state index in [0.29, 0.717) is 11.3 Å². The highest BCUT2D eigenvalue weighted by Crippen LogP contribution is 2.19. The summed E-state index contributed by atoms with van der Waals surface area (Å²) in [6, 6.07) is 7.39. The number of hydrogen-bond acceptors (Lipinski definition) is 3. The minimum Gasteiger partial charge on any atom is -0.399 e. The zero-order chi connectivity index (χ0) is 8.27. The molecule has 0 radical (unpaired) electrons. The van der Waals surface area contributed by atoms with Gasteiger partial charge in [0.1, 0.15) is 0 Å². The number of nitrogens with two attached hydrogens (primary N) is 1. The highest BCUT2D eigenvalue weighted by Gasteiger charge is 1.95. The van der Waals surface area contributed by atoms with E-state index in [1.165, 1.54) is 0 Å². The Labute approximate surface area is 70.0 Å². The van der Waals surface area contributed by atoms with Gasteiger partial charge in [0.15, 0.2) is 0 Å².